The van der Waals surface area contributed by atoms with Crippen LogP contribution in [0, 0.1) is 5.92 Å². The smallest absolute Gasteiger partial charge is 0.0451 e. The van der Waals surface area contributed by atoms with Gasteiger partial charge in [0.25, 0.3) is 0 Å². The zero-order chi connectivity index (χ0) is 14.8. The molecule has 2 atom stereocenters. The summed E-state index contributed by atoms with van der Waals surface area (Å²) in [6.45, 7) is 12.3. The molecule has 0 saturated carbocycles. The molecule has 2 unspecified atom stereocenters. The molecule has 20 heavy (non-hydrogen) atoms. The second-order valence-corrected chi connectivity index (χ2v) is 6.96. The Morgan fingerprint density at radius 2 is 2.10 bits per heavy atom. The highest BCUT2D eigenvalue weighted by atomic mass is 35.5. The van der Waals surface area contributed by atoms with Crippen molar-refractivity contribution in [1.82, 2.24) is 10.2 Å². The van der Waals surface area contributed by atoms with Crippen molar-refractivity contribution in [2.75, 3.05) is 13.1 Å². The molecular weight excluding hydrogens is 268 g/mol. The molecule has 0 spiro atoms. The molecule has 1 aliphatic rings. The summed E-state index contributed by atoms with van der Waals surface area (Å²) in [4.78, 5) is 2.61. The van der Waals surface area contributed by atoms with Crippen LogP contribution in [0.1, 0.15) is 39.7 Å². The number of benzene rings is 1. The quantitative estimate of drug-likeness (QED) is 0.905. The van der Waals surface area contributed by atoms with Crippen LogP contribution in [0.2, 0.25) is 5.02 Å². The summed E-state index contributed by atoms with van der Waals surface area (Å²) in [5.41, 5.74) is 1.45. The predicted molar refractivity (Wildman–Crippen MR) is 87.2 cm³/mol. The molecule has 1 aromatic carbocycles. The lowest BCUT2D eigenvalue weighted by atomic mass is 9.89. The van der Waals surface area contributed by atoms with Crippen molar-refractivity contribution in [3.8, 4) is 0 Å². The summed E-state index contributed by atoms with van der Waals surface area (Å²) < 4.78 is 0. The van der Waals surface area contributed by atoms with Crippen LogP contribution in [-0.2, 0) is 6.54 Å². The predicted octanol–water partition coefficient (Wildman–Crippen LogP) is 3.94. The van der Waals surface area contributed by atoms with Gasteiger partial charge in [-0.1, -0.05) is 50.6 Å². The van der Waals surface area contributed by atoms with E-state index in [9.17, 15) is 0 Å². The van der Waals surface area contributed by atoms with Gasteiger partial charge < -0.3 is 5.32 Å². The summed E-state index contributed by atoms with van der Waals surface area (Å²) in [7, 11) is 0. The molecule has 1 N–H and O–H groups in total. The largest absolute Gasteiger partial charge is 0.311 e. The van der Waals surface area contributed by atoms with E-state index in [0.29, 0.717) is 12.0 Å². The first-order chi connectivity index (χ1) is 9.46. The Bertz CT molecular complexity index is 446. The van der Waals surface area contributed by atoms with Crippen molar-refractivity contribution in [2.24, 2.45) is 5.92 Å². The number of nitrogens with zero attached hydrogens (tertiary/aromatic N) is 1. The summed E-state index contributed by atoms with van der Waals surface area (Å²) >= 11 is 6.34. The molecule has 1 aromatic rings. The molecule has 2 rings (SSSR count). The van der Waals surface area contributed by atoms with Gasteiger partial charge in [-0.25, -0.2) is 0 Å². The Morgan fingerprint density at radius 3 is 2.70 bits per heavy atom. The van der Waals surface area contributed by atoms with Crippen LogP contribution in [0.15, 0.2) is 24.3 Å². The minimum atomic E-state index is 0.213. The van der Waals surface area contributed by atoms with Crippen LogP contribution in [0.25, 0.3) is 0 Å². The third-order valence-corrected chi connectivity index (χ3v) is 5.18. The zero-order valence-electron chi connectivity index (χ0n) is 13.1. The summed E-state index contributed by atoms with van der Waals surface area (Å²) in [5, 5.41) is 4.60. The van der Waals surface area contributed by atoms with E-state index >= 15 is 0 Å². The first kappa shape index (κ1) is 15.8. The van der Waals surface area contributed by atoms with Crippen molar-refractivity contribution in [2.45, 2.75) is 52.2 Å². The fraction of sp³-hybridized carbons (Fsp3) is 0.647. The lowest BCUT2D eigenvalue weighted by molar-refractivity contribution is 0.0317. The van der Waals surface area contributed by atoms with Crippen LogP contribution >= 0.6 is 11.6 Å². The minimum absolute atomic E-state index is 0.213. The maximum Gasteiger partial charge on any atom is 0.0451 e. The summed E-state index contributed by atoms with van der Waals surface area (Å²) in [5.74, 6) is 0.658. The van der Waals surface area contributed by atoms with Gasteiger partial charge in [-0.15, -0.1) is 0 Å². The number of halogens is 1. The third-order valence-electron chi connectivity index (χ3n) is 4.81. The topological polar surface area (TPSA) is 15.3 Å². The zero-order valence-corrected chi connectivity index (χ0v) is 13.9. The van der Waals surface area contributed by atoms with E-state index in [-0.39, 0.29) is 5.54 Å². The summed E-state index contributed by atoms with van der Waals surface area (Å²) in [6.07, 6.45) is 1.15. The SMILES string of the molecule is CCC1(C)CNC(C(C)C)CN1Cc1ccccc1Cl. The normalized spacial score (nSPS) is 28.0. The highest BCUT2D eigenvalue weighted by molar-refractivity contribution is 6.31. The fourth-order valence-electron chi connectivity index (χ4n) is 2.87. The Labute approximate surface area is 128 Å². The standard InChI is InChI=1S/C17H27ClN2/c1-5-17(4)12-19-16(13(2)3)11-20(17)10-14-8-6-7-9-15(14)18/h6-9,13,16,19H,5,10-12H2,1-4H3. The van der Waals surface area contributed by atoms with Gasteiger partial charge in [-0.2, -0.15) is 0 Å². The first-order valence-corrected chi connectivity index (χ1v) is 8.06. The van der Waals surface area contributed by atoms with Crippen molar-refractivity contribution in [3.63, 3.8) is 0 Å². The molecule has 1 fully saturated rings. The van der Waals surface area contributed by atoms with E-state index in [4.69, 9.17) is 11.6 Å². The number of hydrogen-bond acceptors (Lipinski definition) is 2. The lowest BCUT2D eigenvalue weighted by Crippen LogP contribution is -2.63. The molecule has 3 heteroatoms. The Kier molecular flexibility index (Phi) is 5.11. The van der Waals surface area contributed by atoms with Crippen LogP contribution in [-0.4, -0.2) is 29.6 Å². The fourth-order valence-corrected chi connectivity index (χ4v) is 3.06. The van der Waals surface area contributed by atoms with Gasteiger partial charge in [-0.3, -0.25) is 4.90 Å². The van der Waals surface area contributed by atoms with Crippen LogP contribution in [0.4, 0.5) is 0 Å². The van der Waals surface area contributed by atoms with Gasteiger partial charge >= 0.3 is 0 Å². The molecule has 0 aliphatic carbocycles. The Balaban J connectivity index is 2.18. The second-order valence-electron chi connectivity index (χ2n) is 6.55. The number of hydrogen-bond donors (Lipinski definition) is 1. The van der Waals surface area contributed by atoms with Crippen LogP contribution in [0.3, 0.4) is 0 Å². The molecule has 0 bridgehead atoms. The van der Waals surface area contributed by atoms with E-state index < -0.39 is 0 Å². The molecule has 1 saturated heterocycles. The van der Waals surface area contributed by atoms with Crippen molar-refractivity contribution in [3.05, 3.63) is 34.9 Å². The Morgan fingerprint density at radius 1 is 1.40 bits per heavy atom. The molecule has 0 aromatic heterocycles. The van der Waals surface area contributed by atoms with E-state index in [1.165, 1.54) is 5.56 Å². The summed E-state index contributed by atoms with van der Waals surface area (Å²) in [6, 6.07) is 8.77. The molecule has 1 aliphatic heterocycles. The molecular formula is C17H27ClN2. The van der Waals surface area contributed by atoms with E-state index in [1.807, 2.05) is 12.1 Å². The van der Waals surface area contributed by atoms with Crippen LogP contribution < -0.4 is 5.32 Å². The maximum absolute atomic E-state index is 6.34. The van der Waals surface area contributed by atoms with E-state index in [1.54, 1.807) is 0 Å². The first-order valence-electron chi connectivity index (χ1n) is 7.68. The van der Waals surface area contributed by atoms with E-state index in [2.05, 4.69) is 50.0 Å². The van der Waals surface area contributed by atoms with Crippen molar-refractivity contribution in [1.29, 1.82) is 0 Å². The number of rotatable bonds is 4. The van der Waals surface area contributed by atoms with Gasteiger partial charge in [0.2, 0.25) is 0 Å². The minimum Gasteiger partial charge on any atom is -0.311 e. The highest BCUT2D eigenvalue weighted by Gasteiger charge is 2.37. The monoisotopic (exact) mass is 294 g/mol. The average Bonchev–Trinajstić information content (AvgIpc) is 2.43. The average molecular weight is 295 g/mol. The number of nitrogens with one attached hydrogen (secondary N) is 1. The second kappa shape index (κ2) is 6.46. The maximum atomic E-state index is 6.34. The molecule has 112 valence electrons. The third kappa shape index (κ3) is 3.36. The molecule has 2 nitrogen and oxygen atoms in total. The van der Waals surface area contributed by atoms with Crippen molar-refractivity contribution >= 4 is 11.6 Å². The lowest BCUT2D eigenvalue weighted by Gasteiger charge is -2.49. The van der Waals surface area contributed by atoms with E-state index in [0.717, 1.165) is 31.1 Å². The molecule has 0 amide bonds. The van der Waals surface area contributed by atoms with Gasteiger partial charge in [0.1, 0.15) is 0 Å². The van der Waals surface area contributed by atoms with Gasteiger partial charge in [-0.05, 0) is 30.9 Å². The Hall–Kier alpha value is -0.570. The van der Waals surface area contributed by atoms with Gasteiger partial charge in [0, 0.05) is 36.2 Å². The van der Waals surface area contributed by atoms with Gasteiger partial charge in [0.15, 0.2) is 0 Å². The van der Waals surface area contributed by atoms with Crippen LogP contribution in [0.5, 0.6) is 0 Å². The number of piperazine rings is 1. The molecule has 0 radical (unpaired) electrons. The van der Waals surface area contributed by atoms with Gasteiger partial charge in [0.05, 0.1) is 0 Å². The van der Waals surface area contributed by atoms with Crippen molar-refractivity contribution < 1.29 is 0 Å². The highest BCUT2D eigenvalue weighted by Crippen LogP contribution is 2.28. The molecule has 1 heterocycles.